The average molecular weight is 548 g/mol. The van der Waals surface area contributed by atoms with Crippen LogP contribution in [-0.2, 0) is 12.8 Å². The van der Waals surface area contributed by atoms with Gasteiger partial charge in [0.15, 0.2) is 5.78 Å². The molecule has 0 aromatic carbocycles. The number of carbonyl (C=O) groups excluding carboxylic acids is 2. The van der Waals surface area contributed by atoms with Gasteiger partial charge in [0.1, 0.15) is 0 Å². The van der Waals surface area contributed by atoms with Crippen molar-refractivity contribution in [3.05, 3.63) is 88.3 Å². The molecule has 3 aromatic rings. The fourth-order valence-corrected chi connectivity index (χ4v) is 6.30. The molecule has 0 bridgehead atoms. The van der Waals surface area contributed by atoms with E-state index in [0.717, 1.165) is 42.3 Å². The molecule has 39 heavy (non-hydrogen) atoms. The van der Waals surface area contributed by atoms with Gasteiger partial charge in [0.2, 0.25) is 5.91 Å². The molecule has 0 spiro atoms. The van der Waals surface area contributed by atoms with Gasteiger partial charge < -0.3 is 10.6 Å². The van der Waals surface area contributed by atoms with Crippen molar-refractivity contribution in [1.29, 1.82) is 0 Å². The molecule has 0 radical (unpaired) electrons. The summed E-state index contributed by atoms with van der Waals surface area (Å²) in [5.41, 5.74) is 11.0. The van der Waals surface area contributed by atoms with E-state index in [2.05, 4.69) is 55.0 Å². The molecule has 2 unspecified atom stereocenters. The van der Waals surface area contributed by atoms with E-state index in [0.29, 0.717) is 11.1 Å². The van der Waals surface area contributed by atoms with Crippen molar-refractivity contribution >= 4 is 28.5 Å². The lowest BCUT2D eigenvalue weighted by Crippen LogP contribution is -2.23. The molecule has 0 fully saturated rings. The maximum Gasteiger partial charge on any atom is 0.249 e. The maximum atomic E-state index is 13.1. The van der Waals surface area contributed by atoms with E-state index in [1.165, 1.54) is 10.6 Å². The predicted octanol–water partition coefficient (Wildman–Crippen LogP) is 6.12. The van der Waals surface area contributed by atoms with Crippen LogP contribution >= 0.6 is 11.3 Å². The average Bonchev–Trinajstić information content (AvgIpc) is 3.43. The van der Waals surface area contributed by atoms with Gasteiger partial charge in [-0.3, -0.25) is 14.6 Å². The van der Waals surface area contributed by atoms with Crippen LogP contribution in [0, 0.1) is 17.3 Å². The minimum atomic E-state index is -0.357. The minimum Gasteiger partial charge on any atom is -0.381 e. The van der Waals surface area contributed by atoms with Crippen LogP contribution in [0.2, 0.25) is 0 Å². The number of nitrogens with zero attached hydrogens (tertiary/aromatic N) is 4. The molecule has 0 aliphatic heterocycles. The van der Waals surface area contributed by atoms with Gasteiger partial charge in [-0.05, 0) is 48.8 Å². The van der Waals surface area contributed by atoms with Crippen molar-refractivity contribution in [2.24, 2.45) is 23.0 Å². The van der Waals surface area contributed by atoms with E-state index < -0.39 is 0 Å². The fraction of sp³-hybridized carbons (Fsp3) is 0.419. The Morgan fingerprint density at radius 2 is 1.97 bits per heavy atom. The lowest BCUT2D eigenvalue weighted by atomic mass is 9.83. The number of amides is 1. The lowest BCUT2D eigenvalue weighted by Gasteiger charge is -2.29. The number of hydrogen-bond donors (Lipinski definition) is 1. The van der Waals surface area contributed by atoms with Gasteiger partial charge >= 0.3 is 0 Å². The van der Waals surface area contributed by atoms with Crippen LogP contribution < -0.4 is 5.73 Å². The Bertz CT molecular complexity index is 1390. The highest BCUT2D eigenvalue weighted by Gasteiger charge is 2.30. The van der Waals surface area contributed by atoms with E-state index in [9.17, 15) is 9.59 Å². The van der Waals surface area contributed by atoms with Gasteiger partial charge in [-0.15, -0.1) is 11.3 Å². The topological polar surface area (TPSA) is 93.6 Å². The minimum absolute atomic E-state index is 0.105. The van der Waals surface area contributed by atoms with Crippen molar-refractivity contribution < 1.29 is 9.59 Å². The largest absolute Gasteiger partial charge is 0.381 e. The number of Topliss-reactive ketones (excluding diaryl/α,β-unsaturated/α-hetero) is 1. The first-order valence-corrected chi connectivity index (χ1v) is 14.1. The highest BCUT2D eigenvalue weighted by atomic mass is 32.1. The number of rotatable bonds is 7. The third-order valence-corrected chi connectivity index (χ3v) is 8.29. The molecule has 2 N–H and O–H groups in total. The lowest BCUT2D eigenvalue weighted by molar-refractivity contribution is 0.0883. The summed E-state index contributed by atoms with van der Waals surface area (Å²) in [6.45, 7) is 16.1. The van der Waals surface area contributed by atoms with Crippen molar-refractivity contribution in [2.75, 3.05) is 14.1 Å². The summed E-state index contributed by atoms with van der Waals surface area (Å²) in [6.07, 6.45) is 14.1. The molecule has 8 heteroatoms. The summed E-state index contributed by atoms with van der Waals surface area (Å²) in [6, 6.07) is 0. The highest BCUT2D eigenvalue weighted by molar-refractivity contribution is 7.10. The van der Waals surface area contributed by atoms with E-state index in [-0.39, 0.29) is 28.9 Å². The number of aromatic nitrogens is 3. The zero-order valence-corrected chi connectivity index (χ0v) is 24.8. The summed E-state index contributed by atoms with van der Waals surface area (Å²) < 4.78 is 1.68. The Morgan fingerprint density at radius 1 is 1.26 bits per heavy atom. The number of fused-ring (bicyclic) bond motifs is 2. The van der Waals surface area contributed by atoms with Crippen molar-refractivity contribution in [1.82, 2.24) is 19.5 Å². The van der Waals surface area contributed by atoms with Crippen LogP contribution in [0.1, 0.15) is 71.7 Å². The van der Waals surface area contributed by atoms with E-state index >= 15 is 0 Å². The third-order valence-electron chi connectivity index (χ3n) is 7.24. The Kier molecular flexibility index (Phi) is 9.67. The van der Waals surface area contributed by atoms with Crippen LogP contribution in [0.25, 0.3) is 5.52 Å². The molecular formula is C31H41N5O2S. The van der Waals surface area contributed by atoms with E-state index in [1.807, 2.05) is 26.4 Å². The van der Waals surface area contributed by atoms with Crippen LogP contribution in [0.15, 0.2) is 66.7 Å². The van der Waals surface area contributed by atoms with E-state index in [1.54, 1.807) is 46.7 Å². The van der Waals surface area contributed by atoms with Crippen LogP contribution in [0.5, 0.6) is 0 Å². The molecular weight excluding hydrogens is 506 g/mol. The zero-order valence-electron chi connectivity index (χ0n) is 24.0. The molecule has 1 amide bonds. The normalized spacial score (nSPS) is 16.4. The molecule has 1 aliphatic carbocycles. The summed E-state index contributed by atoms with van der Waals surface area (Å²) in [5.74, 6) is -0.125. The first-order chi connectivity index (χ1) is 18.3. The summed E-state index contributed by atoms with van der Waals surface area (Å²) in [5, 5.41) is 6.11. The van der Waals surface area contributed by atoms with Crippen molar-refractivity contribution in [3.8, 4) is 0 Å². The summed E-state index contributed by atoms with van der Waals surface area (Å²) in [7, 11) is 4.10. The summed E-state index contributed by atoms with van der Waals surface area (Å²) >= 11 is 1.59. The second kappa shape index (κ2) is 12.6. The number of thiophene rings is 1. The SMILES string of the molecule is C=CC(=C)/C=C(\N(C)C)C(C)(C)C.CC(C(=O)c1cnn2ccncc12)C1CCCc2c(C(N)=O)csc2C1. The predicted molar refractivity (Wildman–Crippen MR) is 160 cm³/mol. The number of allylic oxidation sites excluding steroid dienone is 4. The fourth-order valence-electron chi connectivity index (χ4n) is 5.12. The van der Waals surface area contributed by atoms with Crippen molar-refractivity contribution in [2.45, 2.75) is 53.4 Å². The number of carbonyl (C=O) groups is 2. The second-order valence-corrected chi connectivity index (χ2v) is 12.3. The number of primary amides is 1. The third kappa shape index (κ3) is 7.12. The van der Waals surface area contributed by atoms with Gasteiger partial charge in [0, 0.05) is 53.8 Å². The quantitative estimate of drug-likeness (QED) is 0.218. The molecule has 4 rings (SSSR count). The standard InChI is InChI=1S/C19H20N4O2S.C12H21N/c1-11(18(24)14-8-22-23-6-5-21-9-16(14)23)12-3-2-4-13-15(19(20)25)10-26-17(13)7-12;1-8-10(2)9-11(13(6)7)12(3,4)5/h5-6,8-12H,2-4,7H2,1H3,(H2,20,25);8-9H,1-2H2,3-7H3/b;11-9-. The van der Waals surface area contributed by atoms with E-state index in [4.69, 9.17) is 5.73 Å². The number of nitrogens with two attached hydrogens (primary N) is 1. The zero-order chi connectivity index (χ0) is 28.9. The maximum absolute atomic E-state index is 13.1. The molecule has 3 aromatic heterocycles. The Balaban J connectivity index is 0.000000276. The Labute approximate surface area is 236 Å². The number of ketones is 1. The van der Waals surface area contributed by atoms with Crippen LogP contribution in [0.4, 0.5) is 0 Å². The molecule has 0 saturated heterocycles. The first-order valence-electron chi connectivity index (χ1n) is 13.3. The Morgan fingerprint density at radius 3 is 2.59 bits per heavy atom. The van der Waals surface area contributed by atoms with Crippen molar-refractivity contribution in [3.63, 3.8) is 0 Å². The van der Waals surface area contributed by atoms with Gasteiger partial charge in [0.25, 0.3) is 0 Å². The van der Waals surface area contributed by atoms with Gasteiger partial charge in [-0.1, -0.05) is 46.9 Å². The van der Waals surface area contributed by atoms with Crippen LogP contribution in [0.3, 0.4) is 0 Å². The van der Waals surface area contributed by atoms with Gasteiger partial charge in [-0.25, -0.2) is 4.52 Å². The monoisotopic (exact) mass is 547 g/mol. The Hall–Kier alpha value is -3.52. The summed E-state index contributed by atoms with van der Waals surface area (Å²) in [4.78, 5) is 32.1. The molecule has 7 nitrogen and oxygen atoms in total. The van der Waals surface area contributed by atoms with Crippen LogP contribution in [-0.4, -0.2) is 45.3 Å². The molecule has 208 valence electrons. The second-order valence-electron chi connectivity index (χ2n) is 11.3. The molecule has 0 saturated carbocycles. The smallest absolute Gasteiger partial charge is 0.249 e. The molecule has 1 aliphatic rings. The number of hydrogen-bond acceptors (Lipinski definition) is 6. The molecule has 2 atom stereocenters. The molecule has 3 heterocycles. The highest BCUT2D eigenvalue weighted by Crippen LogP contribution is 2.36. The first kappa shape index (κ1) is 30.0. The van der Waals surface area contributed by atoms with Gasteiger partial charge in [-0.2, -0.15) is 5.10 Å². The van der Waals surface area contributed by atoms with Gasteiger partial charge in [0.05, 0.1) is 29.0 Å².